The van der Waals surface area contributed by atoms with E-state index in [0.717, 1.165) is 16.5 Å². The summed E-state index contributed by atoms with van der Waals surface area (Å²) in [6, 6.07) is 4.24. The third kappa shape index (κ3) is 3.61. The highest BCUT2D eigenvalue weighted by Crippen LogP contribution is 2.29. The summed E-state index contributed by atoms with van der Waals surface area (Å²) in [5, 5.41) is 22.0. The van der Waals surface area contributed by atoms with Crippen molar-refractivity contribution in [2.45, 2.75) is 46.4 Å². The van der Waals surface area contributed by atoms with Crippen molar-refractivity contribution in [2.75, 3.05) is 6.61 Å². The number of aryl methyl sites for hydroxylation is 2. The number of aliphatic hydroxyl groups is 1. The predicted molar refractivity (Wildman–Crippen MR) is 94.1 cm³/mol. The van der Waals surface area contributed by atoms with Crippen molar-refractivity contribution in [3.63, 3.8) is 0 Å². The number of nitrogens with one attached hydrogen (secondary N) is 1. The molecule has 25 heavy (non-hydrogen) atoms. The Morgan fingerprint density at radius 2 is 2.00 bits per heavy atom. The van der Waals surface area contributed by atoms with Gasteiger partial charge in [-0.15, -0.1) is 0 Å². The largest absolute Gasteiger partial charge is 0.494 e. The van der Waals surface area contributed by atoms with Gasteiger partial charge in [0.15, 0.2) is 6.04 Å². The molecule has 0 spiro atoms. The summed E-state index contributed by atoms with van der Waals surface area (Å²) in [4.78, 5) is 23.9. The number of hydrogen-bond acceptors (Lipinski definition) is 4. The number of carbonyl (C=O) groups excluding carboxylic acids is 1. The smallest absolute Gasteiger partial charge is 0.328 e. The maximum absolute atomic E-state index is 12.7. The summed E-state index contributed by atoms with van der Waals surface area (Å²) in [7, 11) is 0. The SMILES string of the molecule is CCOc1ccc2c(c1)c(C)c(C(=O)NC(C(=O)O)C(C)O)n2CC. The van der Waals surface area contributed by atoms with Gasteiger partial charge < -0.3 is 24.8 Å². The molecular weight excluding hydrogens is 324 g/mol. The summed E-state index contributed by atoms with van der Waals surface area (Å²) >= 11 is 0. The van der Waals surface area contributed by atoms with Crippen molar-refractivity contribution in [2.24, 2.45) is 0 Å². The predicted octanol–water partition coefficient (Wildman–Crippen LogP) is 1.93. The first-order valence-corrected chi connectivity index (χ1v) is 8.29. The van der Waals surface area contributed by atoms with E-state index in [0.29, 0.717) is 24.6 Å². The second kappa shape index (κ2) is 7.57. The van der Waals surface area contributed by atoms with E-state index in [1.165, 1.54) is 6.92 Å². The van der Waals surface area contributed by atoms with Crippen LogP contribution in [0.15, 0.2) is 18.2 Å². The van der Waals surface area contributed by atoms with E-state index in [2.05, 4.69) is 5.32 Å². The Bertz CT molecular complexity index is 794. The molecule has 7 nitrogen and oxygen atoms in total. The molecule has 2 rings (SSSR count). The maximum atomic E-state index is 12.7. The number of aliphatic carboxylic acids is 1. The first kappa shape index (κ1) is 18.8. The minimum absolute atomic E-state index is 0.387. The normalized spacial score (nSPS) is 13.5. The first-order valence-electron chi connectivity index (χ1n) is 8.29. The number of hydrogen-bond donors (Lipinski definition) is 3. The summed E-state index contributed by atoms with van der Waals surface area (Å²) in [5.74, 6) is -1.09. The van der Waals surface area contributed by atoms with E-state index in [9.17, 15) is 19.8 Å². The lowest BCUT2D eigenvalue weighted by Crippen LogP contribution is -2.48. The number of benzene rings is 1. The maximum Gasteiger partial charge on any atom is 0.328 e. The molecule has 1 aromatic carbocycles. The number of amides is 1. The van der Waals surface area contributed by atoms with E-state index in [-0.39, 0.29) is 0 Å². The molecule has 0 saturated carbocycles. The zero-order chi connectivity index (χ0) is 18.7. The van der Waals surface area contributed by atoms with Crippen molar-refractivity contribution in [1.29, 1.82) is 0 Å². The van der Waals surface area contributed by atoms with Crippen molar-refractivity contribution in [1.82, 2.24) is 9.88 Å². The van der Waals surface area contributed by atoms with Gasteiger partial charge >= 0.3 is 5.97 Å². The second-order valence-electron chi connectivity index (χ2n) is 5.86. The van der Waals surface area contributed by atoms with Crippen LogP contribution < -0.4 is 10.1 Å². The van der Waals surface area contributed by atoms with Crippen molar-refractivity contribution < 1.29 is 24.5 Å². The van der Waals surface area contributed by atoms with Gasteiger partial charge in [0.1, 0.15) is 11.4 Å². The Balaban J connectivity index is 2.51. The first-order chi connectivity index (χ1) is 11.8. The number of carboxylic acid groups (broad SMARTS) is 1. The van der Waals surface area contributed by atoms with Crippen LogP contribution in [0, 0.1) is 6.92 Å². The summed E-state index contributed by atoms with van der Waals surface area (Å²) in [6.07, 6.45) is -1.20. The molecule has 136 valence electrons. The molecule has 0 aliphatic rings. The number of ether oxygens (including phenoxy) is 1. The lowest BCUT2D eigenvalue weighted by molar-refractivity contribution is -0.141. The third-order valence-electron chi connectivity index (χ3n) is 4.17. The minimum atomic E-state index is -1.37. The molecule has 7 heteroatoms. The van der Waals surface area contributed by atoms with Crippen LogP contribution in [0.25, 0.3) is 10.9 Å². The second-order valence-corrected chi connectivity index (χ2v) is 5.86. The minimum Gasteiger partial charge on any atom is -0.494 e. The zero-order valence-electron chi connectivity index (χ0n) is 14.9. The fourth-order valence-corrected chi connectivity index (χ4v) is 2.98. The molecule has 1 amide bonds. The Morgan fingerprint density at radius 1 is 1.32 bits per heavy atom. The van der Waals surface area contributed by atoms with E-state index < -0.39 is 24.0 Å². The molecule has 0 bridgehead atoms. The molecule has 2 unspecified atom stereocenters. The van der Waals surface area contributed by atoms with Crippen molar-refractivity contribution in [3.05, 3.63) is 29.5 Å². The molecule has 1 heterocycles. The van der Waals surface area contributed by atoms with Crippen molar-refractivity contribution in [3.8, 4) is 5.75 Å². The third-order valence-corrected chi connectivity index (χ3v) is 4.17. The molecule has 0 radical (unpaired) electrons. The highest BCUT2D eigenvalue weighted by molar-refractivity contribution is 6.03. The lowest BCUT2D eigenvalue weighted by atomic mass is 10.1. The molecule has 0 aliphatic carbocycles. The lowest BCUT2D eigenvalue weighted by Gasteiger charge is -2.18. The Kier molecular flexibility index (Phi) is 5.69. The molecule has 0 aliphatic heterocycles. The number of rotatable bonds is 7. The number of nitrogens with zero attached hydrogens (tertiary/aromatic N) is 1. The molecule has 3 N–H and O–H groups in total. The van der Waals surface area contributed by atoms with Gasteiger partial charge in [-0.25, -0.2) is 4.79 Å². The van der Waals surface area contributed by atoms with Gasteiger partial charge in [-0.3, -0.25) is 4.79 Å². The van der Waals surface area contributed by atoms with Crippen LogP contribution in [-0.2, 0) is 11.3 Å². The van der Waals surface area contributed by atoms with Gasteiger partial charge in [-0.2, -0.15) is 0 Å². The summed E-state index contributed by atoms with van der Waals surface area (Å²) in [5.41, 5.74) is 2.00. The summed E-state index contributed by atoms with van der Waals surface area (Å²) in [6.45, 7) is 8.05. The van der Waals surface area contributed by atoms with Crippen LogP contribution in [-0.4, -0.2) is 45.4 Å². The number of aliphatic hydroxyl groups excluding tert-OH is 1. The van der Waals surface area contributed by atoms with Crippen LogP contribution in [0.3, 0.4) is 0 Å². The molecule has 0 saturated heterocycles. The standard InChI is InChI=1S/C18H24N2O5/c1-5-20-14-8-7-12(25-6-2)9-13(14)10(3)16(20)17(22)19-15(11(4)21)18(23)24/h7-9,11,15,21H,5-6H2,1-4H3,(H,19,22)(H,23,24). The van der Waals surface area contributed by atoms with Crippen LogP contribution in [0.1, 0.15) is 36.8 Å². The van der Waals surface area contributed by atoms with E-state index in [1.54, 1.807) is 0 Å². The molecular formula is C18H24N2O5. The average Bonchev–Trinajstić information content (AvgIpc) is 2.84. The highest BCUT2D eigenvalue weighted by Gasteiger charge is 2.28. The van der Waals surface area contributed by atoms with Crippen LogP contribution in [0.2, 0.25) is 0 Å². The highest BCUT2D eigenvalue weighted by atomic mass is 16.5. The molecule has 1 aromatic heterocycles. The van der Waals surface area contributed by atoms with Gasteiger partial charge in [0, 0.05) is 17.4 Å². The van der Waals surface area contributed by atoms with Crippen LogP contribution in [0.5, 0.6) is 5.75 Å². The van der Waals surface area contributed by atoms with Crippen LogP contribution >= 0.6 is 0 Å². The van der Waals surface area contributed by atoms with Crippen molar-refractivity contribution >= 4 is 22.8 Å². The van der Waals surface area contributed by atoms with Gasteiger partial charge in [-0.05, 0) is 51.5 Å². The van der Waals surface area contributed by atoms with E-state index >= 15 is 0 Å². The zero-order valence-corrected chi connectivity index (χ0v) is 14.9. The van der Waals surface area contributed by atoms with E-state index in [1.807, 2.05) is 43.5 Å². The topological polar surface area (TPSA) is 101 Å². The van der Waals surface area contributed by atoms with Gasteiger partial charge in [-0.1, -0.05) is 0 Å². The number of carboxylic acids is 1. The fourth-order valence-electron chi connectivity index (χ4n) is 2.98. The fraction of sp³-hybridized carbons (Fsp3) is 0.444. The molecule has 2 aromatic rings. The molecule has 2 atom stereocenters. The Labute approximate surface area is 146 Å². The number of aromatic nitrogens is 1. The monoisotopic (exact) mass is 348 g/mol. The van der Waals surface area contributed by atoms with Gasteiger partial charge in [0.25, 0.3) is 5.91 Å². The Morgan fingerprint density at radius 3 is 2.52 bits per heavy atom. The average molecular weight is 348 g/mol. The summed E-state index contributed by atoms with van der Waals surface area (Å²) < 4.78 is 7.35. The van der Waals surface area contributed by atoms with Crippen LogP contribution in [0.4, 0.5) is 0 Å². The molecule has 0 fully saturated rings. The number of carbonyl (C=O) groups is 2. The van der Waals surface area contributed by atoms with E-state index in [4.69, 9.17) is 4.74 Å². The van der Waals surface area contributed by atoms with Gasteiger partial charge in [0.2, 0.25) is 0 Å². The number of fused-ring (bicyclic) bond motifs is 1. The Hall–Kier alpha value is -2.54. The quantitative estimate of drug-likeness (QED) is 0.710. The van der Waals surface area contributed by atoms with Gasteiger partial charge in [0.05, 0.1) is 12.7 Å².